The average molecular weight is 274 g/mol. The zero-order valence-corrected chi connectivity index (χ0v) is 11.6. The Bertz CT molecular complexity index is 531. The molecule has 1 aromatic carbocycles. The molecule has 4 heteroatoms. The van der Waals surface area contributed by atoms with Crippen molar-refractivity contribution in [2.24, 2.45) is 0 Å². The van der Waals surface area contributed by atoms with Crippen LogP contribution in [0.25, 0.3) is 0 Å². The number of benzene rings is 1. The molecule has 0 saturated carbocycles. The second-order valence-corrected chi connectivity index (χ2v) is 4.54. The van der Waals surface area contributed by atoms with Gasteiger partial charge in [0.25, 0.3) is 5.88 Å². The molecule has 0 bridgehead atoms. The number of halogens is 1. The topological polar surface area (TPSA) is 34.2 Å². The number of hydrogen-bond acceptors (Lipinski definition) is 3. The molecule has 0 saturated heterocycles. The molecule has 0 amide bonds. The van der Waals surface area contributed by atoms with Crippen molar-refractivity contribution in [3.8, 4) is 5.88 Å². The number of rotatable bonds is 7. The molecule has 3 nitrogen and oxygen atoms in total. The summed E-state index contributed by atoms with van der Waals surface area (Å²) < 4.78 is 19.6. The highest BCUT2D eigenvalue weighted by Gasteiger charge is 2.10. The monoisotopic (exact) mass is 274 g/mol. The molecule has 0 fully saturated rings. The van der Waals surface area contributed by atoms with E-state index < -0.39 is 0 Å². The molecule has 0 atom stereocenters. The molecule has 20 heavy (non-hydrogen) atoms. The fourth-order valence-electron chi connectivity index (χ4n) is 1.83. The summed E-state index contributed by atoms with van der Waals surface area (Å²) in [6, 6.07) is 11.3. The summed E-state index contributed by atoms with van der Waals surface area (Å²) in [5, 5.41) is 3.17. The van der Waals surface area contributed by atoms with E-state index in [4.69, 9.17) is 4.74 Å². The van der Waals surface area contributed by atoms with Gasteiger partial charge in [0.05, 0.1) is 0 Å². The summed E-state index contributed by atoms with van der Waals surface area (Å²) in [7, 11) is 0. The van der Waals surface area contributed by atoms with Crippen molar-refractivity contribution >= 4 is 0 Å². The van der Waals surface area contributed by atoms with E-state index in [0.717, 1.165) is 18.5 Å². The van der Waals surface area contributed by atoms with E-state index in [1.165, 1.54) is 0 Å². The largest absolute Gasteiger partial charge is 0.471 e. The van der Waals surface area contributed by atoms with Crippen molar-refractivity contribution in [2.45, 2.75) is 26.5 Å². The second kappa shape index (κ2) is 7.60. The first-order chi connectivity index (χ1) is 9.81. The van der Waals surface area contributed by atoms with Gasteiger partial charge in [-0.15, -0.1) is 0 Å². The van der Waals surface area contributed by atoms with E-state index in [1.54, 1.807) is 12.3 Å². The number of pyridine rings is 1. The van der Waals surface area contributed by atoms with Gasteiger partial charge < -0.3 is 10.1 Å². The van der Waals surface area contributed by atoms with Gasteiger partial charge >= 0.3 is 0 Å². The minimum Gasteiger partial charge on any atom is -0.471 e. The van der Waals surface area contributed by atoms with Gasteiger partial charge in [0.15, 0.2) is 5.82 Å². The lowest BCUT2D eigenvalue weighted by Crippen LogP contribution is -2.15. The van der Waals surface area contributed by atoms with Crippen LogP contribution in [0.3, 0.4) is 0 Å². The summed E-state index contributed by atoms with van der Waals surface area (Å²) in [5.74, 6) is -0.323. The number of aromatic nitrogens is 1. The third kappa shape index (κ3) is 4.03. The first-order valence-electron chi connectivity index (χ1n) is 6.82. The smallest absolute Gasteiger partial charge is 0.251 e. The van der Waals surface area contributed by atoms with Crippen molar-refractivity contribution in [1.82, 2.24) is 10.3 Å². The maximum absolute atomic E-state index is 14.2. The fourth-order valence-corrected chi connectivity index (χ4v) is 1.83. The molecule has 106 valence electrons. The van der Waals surface area contributed by atoms with Gasteiger partial charge in [-0.2, -0.15) is 0 Å². The lowest BCUT2D eigenvalue weighted by molar-refractivity contribution is 0.276. The molecular weight excluding hydrogens is 255 g/mol. The number of nitrogens with zero attached hydrogens (tertiary/aromatic N) is 1. The van der Waals surface area contributed by atoms with Crippen molar-refractivity contribution in [3.05, 3.63) is 59.5 Å². The fraction of sp³-hybridized carbons (Fsp3) is 0.312. The molecule has 1 heterocycles. The van der Waals surface area contributed by atoms with Crippen LogP contribution in [0, 0.1) is 5.82 Å². The van der Waals surface area contributed by atoms with Gasteiger partial charge in [-0.25, -0.2) is 9.37 Å². The van der Waals surface area contributed by atoms with Crippen molar-refractivity contribution in [2.75, 3.05) is 6.54 Å². The quantitative estimate of drug-likeness (QED) is 0.787. The van der Waals surface area contributed by atoms with E-state index in [-0.39, 0.29) is 11.7 Å². The highest BCUT2D eigenvalue weighted by atomic mass is 19.1. The normalized spacial score (nSPS) is 10.5. The standard InChI is InChI=1S/C16H19FN2O/c1-2-9-18-11-14-8-10-19-16(15(14)17)20-12-13-6-4-3-5-7-13/h3-8,10,18H,2,9,11-12H2,1H3. The van der Waals surface area contributed by atoms with Crippen molar-refractivity contribution < 1.29 is 9.13 Å². The third-order valence-corrected chi connectivity index (χ3v) is 2.90. The maximum Gasteiger partial charge on any atom is 0.251 e. The Morgan fingerprint density at radius 2 is 2.00 bits per heavy atom. The molecule has 0 unspecified atom stereocenters. The van der Waals surface area contributed by atoms with E-state index in [0.29, 0.717) is 18.7 Å². The van der Waals surface area contributed by atoms with Gasteiger partial charge in [0.2, 0.25) is 0 Å². The minimum absolute atomic E-state index is 0.0599. The molecule has 2 aromatic rings. The van der Waals surface area contributed by atoms with Crippen LogP contribution in [0.4, 0.5) is 4.39 Å². The van der Waals surface area contributed by atoms with Crippen molar-refractivity contribution in [3.63, 3.8) is 0 Å². The van der Waals surface area contributed by atoms with Crippen LogP contribution in [-0.2, 0) is 13.2 Å². The molecule has 1 N–H and O–H groups in total. The molecule has 1 aromatic heterocycles. The van der Waals surface area contributed by atoms with Crippen LogP contribution in [0.5, 0.6) is 5.88 Å². The summed E-state index contributed by atoms with van der Waals surface area (Å²) >= 11 is 0. The Balaban J connectivity index is 1.99. The number of ether oxygens (including phenoxy) is 1. The van der Waals surface area contributed by atoms with Gasteiger partial charge in [0, 0.05) is 18.3 Å². The third-order valence-electron chi connectivity index (χ3n) is 2.90. The lowest BCUT2D eigenvalue weighted by atomic mass is 10.2. The molecular formula is C16H19FN2O. The van der Waals surface area contributed by atoms with Crippen molar-refractivity contribution in [1.29, 1.82) is 0 Å². The van der Waals surface area contributed by atoms with Crippen LogP contribution in [0.1, 0.15) is 24.5 Å². The van der Waals surface area contributed by atoms with Crippen LogP contribution < -0.4 is 10.1 Å². The Morgan fingerprint density at radius 3 is 2.75 bits per heavy atom. The highest BCUT2D eigenvalue weighted by molar-refractivity contribution is 5.24. The predicted molar refractivity (Wildman–Crippen MR) is 77.0 cm³/mol. The Kier molecular flexibility index (Phi) is 5.50. The van der Waals surface area contributed by atoms with Crippen LogP contribution in [0.15, 0.2) is 42.6 Å². The van der Waals surface area contributed by atoms with E-state index in [1.807, 2.05) is 30.3 Å². The molecule has 0 aliphatic rings. The average Bonchev–Trinajstić information content (AvgIpc) is 2.49. The summed E-state index contributed by atoms with van der Waals surface area (Å²) in [6.45, 7) is 3.74. The first-order valence-corrected chi connectivity index (χ1v) is 6.82. The molecule has 0 radical (unpaired) electrons. The first kappa shape index (κ1) is 14.5. The Labute approximate surface area is 118 Å². The van der Waals surface area contributed by atoms with E-state index >= 15 is 0 Å². The SMILES string of the molecule is CCCNCc1ccnc(OCc2ccccc2)c1F. The molecule has 0 spiro atoms. The number of hydrogen-bond donors (Lipinski definition) is 1. The van der Waals surface area contributed by atoms with Crippen LogP contribution in [0.2, 0.25) is 0 Å². The summed E-state index contributed by atoms with van der Waals surface area (Å²) in [6.07, 6.45) is 2.59. The highest BCUT2D eigenvalue weighted by Crippen LogP contribution is 2.18. The molecule has 0 aliphatic carbocycles. The summed E-state index contributed by atoms with van der Waals surface area (Å²) in [4.78, 5) is 3.96. The predicted octanol–water partition coefficient (Wildman–Crippen LogP) is 3.30. The number of nitrogens with one attached hydrogen (secondary N) is 1. The van der Waals surface area contributed by atoms with Gasteiger partial charge in [-0.1, -0.05) is 37.3 Å². The second-order valence-electron chi connectivity index (χ2n) is 4.54. The maximum atomic E-state index is 14.2. The Hall–Kier alpha value is -1.94. The zero-order valence-electron chi connectivity index (χ0n) is 11.6. The van der Waals surface area contributed by atoms with E-state index in [9.17, 15) is 4.39 Å². The van der Waals surface area contributed by atoms with Gasteiger partial charge in [0.1, 0.15) is 6.61 Å². The molecule has 2 rings (SSSR count). The minimum atomic E-state index is -0.382. The zero-order chi connectivity index (χ0) is 14.2. The van der Waals surface area contributed by atoms with Crippen LogP contribution in [-0.4, -0.2) is 11.5 Å². The van der Waals surface area contributed by atoms with E-state index in [2.05, 4.69) is 17.2 Å². The lowest BCUT2D eigenvalue weighted by Gasteiger charge is -2.09. The molecule has 0 aliphatic heterocycles. The Morgan fingerprint density at radius 1 is 1.20 bits per heavy atom. The van der Waals surface area contributed by atoms with Crippen LogP contribution >= 0.6 is 0 Å². The summed E-state index contributed by atoms with van der Waals surface area (Å²) in [5.41, 5.74) is 1.57. The van der Waals surface area contributed by atoms with Gasteiger partial charge in [-0.05, 0) is 24.6 Å². The van der Waals surface area contributed by atoms with Gasteiger partial charge in [-0.3, -0.25) is 0 Å².